The molecule has 4 heterocycles. The first-order valence-corrected chi connectivity index (χ1v) is 15.5. The lowest BCUT2D eigenvalue weighted by Crippen LogP contribution is -2.44. The fourth-order valence-corrected chi connectivity index (χ4v) is 6.84. The number of halogens is 1. The summed E-state index contributed by atoms with van der Waals surface area (Å²) in [6, 6.07) is 13.4. The number of benzene rings is 2. The molecule has 11 heteroatoms. The van der Waals surface area contributed by atoms with Gasteiger partial charge in [-0.1, -0.05) is 23.7 Å². The number of likely N-dealkylation sites (N-methyl/N-ethyl adjacent to an activating group) is 1. The SMILES string of the molecule is Cc1cc2nc(-c3ccc4c(n3)c(N3CCN(C)CC3)nn4C)sc2c(-c2ccc(Cl)cc2)c1C(OC(C)(C)C)C(=O)O. The summed E-state index contributed by atoms with van der Waals surface area (Å²) in [4.78, 5) is 27.4. The zero-order chi connectivity index (χ0) is 30.6. The first kappa shape index (κ1) is 29.5. The number of ether oxygens (including phenoxy) is 1. The Morgan fingerprint density at radius 2 is 1.74 bits per heavy atom. The molecule has 2 aromatic carbocycles. The Bertz CT molecular complexity index is 1830. The topological polar surface area (TPSA) is 96.6 Å². The fraction of sp³-hybridized carbons (Fsp3) is 0.375. The van der Waals surface area contributed by atoms with Gasteiger partial charge in [-0.05, 0) is 76.2 Å². The van der Waals surface area contributed by atoms with Gasteiger partial charge in [-0.2, -0.15) is 5.10 Å². The van der Waals surface area contributed by atoms with E-state index in [0.717, 1.165) is 80.6 Å². The number of thiazole rings is 1. The van der Waals surface area contributed by atoms with E-state index in [1.54, 1.807) is 0 Å². The van der Waals surface area contributed by atoms with Crippen LogP contribution < -0.4 is 4.90 Å². The fourth-order valence-electron chi connectivity index (χ4n) is 5.62. The first-order chi connectivity index (χ1) is 20.4. The van der Waals surface area contributed by atoms with Crippen molar-refractivity contribution in [3.05, 3.63) is 58.6 Å². The van der Waals surface area contributed by atoms with Crippen LogP contribution in [0.4, 0.5) is 5.82 Å². The zero-order valence-electron chi connectivity index (χ0n) is 25.2. The number of aliphatic carboxylic acids is 1. The minimum atomic E-state index is -1.17. The van der Waals surface area contributed by atoms with Crippen LogP contribution in [-0.4, -0.2) is 74.6 Å². The summed E-state index contributed by atoms with van der Waals surface area (Å²) >= 11 is 7.75. The molecule has 43 heavy (non-hydrogen) atoms. The number of aromatic nitrogens is 4. The molecular weight excluding hydrogens is 584 g/mol. The molecule has 0 spiro atoms. The van der Waals surface area contributed by atoms with Gasteiger partial charge in [0.2, 0.25) is 0 Å². The second-order valence-corrected chi connectivity index (χ2v) is 13.5. The van der Waals surface area contributed by atoms with Crippen LogP contribution in [0.2, 0.25) is 5.02 Å². The van der Waals surface area contributed by atoms with Crippen LogP contribution in [0.3, 0.4) is 0 Å². The van der Waals surface area contributed by atoms with Gasteiger partial charge in [0.1, 0.15) is 10.5 Å². The molecule has 1 fully saturated rings. The quantitative estimate of drug-likeness (QED) is 0.228. The minimum absolute atomic E-state index is 0.602. The summed E-state index contributed by atoms with van der Waals surface area (Å²) in [5, 5.41) is 16.5. The highest BCUT2D eigenvalue weighted by atomic mass is 35.5. The molecule has 0 saturated carbocycles. The van der Waals surface area contributed by atoms with Crippen molar-refractivity contribution < 1.29 is 14.6 Å². The minimum Gasteiger partial charge on any atom is -0.479 e. The van der Waals surface area contributed by atoms with E-state index < -0.39 is 17.7 Å². The number of anilines is 1. The predicted octanol–water partition coefficient (Wildman–Crippen LogP) is 6.57. The number of carboxylic acids is 1. The first-order valence-electron chi connectivity index (χ1n) is 14.3. The third-order valence-electron chi connectivity index (χ3n) is 7.72. The van der Waals surface area contributed by atoms with Crippen molar-refractivity contribution >= 4 is 56.0 Å². The Hall–Kier alpha value is -3.57. The third-order valence-corrected chi connectivity index (χ3v) is 9.08. The number of hydrogen-bond acceptors (Lipinski definition) is 8. The Morgan fingerprint density at radius 1 is 1.05 bits per heavy atom. The summed E-state index contributed by atoms with van der Waals surface area (Å²) in [7, 11) is 4.08. The van der Waals surface area contributed by atoms with Gasteiger partial charge in [-0.15, -0.1) is 11.3 Å². The van der Waals surface area contributed by atoms with E-state index in [0.29, 0.717) is 10.6 Å². The number of carbonyl (C=O) groups is 1. The van der Waals surface area contributed by atoms with Crippen molar-refractivity contribution in [1.29, 1.82) is 0 Å². The van der Waals surface area contributed by atoms with Crippen molar-refractivity contribution in [2.75, 3.05) is 38.1 Å². The van der Waals surface area contributed by atoms with E-state index in [4.69, 9.17) is 31.4 Å². The lowest BCUT2D eigenvalue weighted by molar-refractivity contribution is -0.160. The maximum atomic E-state index is 12.7. The van der Waals surface area contributed by atoms with Gasteiger partial charge in [0.25, 0.3) is 0 Å². The summed E-state index contributed by atoms with van der Waals surface area (Å²) in [6.45, 7) is 11.2. The molecule has 1 atom stereocenters. The number of fused-ring (bicyclic) bond motifs is 2. The van der Waals surface area contributed by atoms with Gasteiger partial charge in [-0.3, -0.25) is 4.68 Å². The van der Waals surface area contributed by atoms with E-state index in [1.807, 2.05) is 81.9 Å². The molecule has 224 valence electrons. The molecule has 9 nitrogen and oxygen atoms in total. The maximum Gasteiger partial charge on any atom is 0.337 e. The maximum absolute atomic E-state index is 12.7. The summed E-state index contributed by atoms with van der Waals surface area (Å²) in [5.74, 6) is -0.158. The van der Waals surface area contributed by atoms with Gasteiger partial charge in [-0.25, -0.2) is 14.8 Å². The van der Waals surface area contributed by atoms with Crippen molar-refractivity contribution in [2.45, 2.75) is 39.4 Å². The summed E-state index contributed by atoms with van der Waals surface area (Å²) < 4.78 is 8.90. The standard InChI is InChI=1S/C32H35ClN6O3S/c1-18-17-22-28(25(19-7-9-20(33)10-8-19)24(18)27(31(40)41)42-32(2,3)4)43-30(35-22)21-11-12-23-26(34-21)29(36-38(23)6)39-15-13-37(5)14-16-39/h7-12,17,27H,13-16H2,1-6H3,(H,40,41). The molecule has 0 aliphatic carbocycles. The van der Waals surface area contributed by atoms with Crippen molar-refractivity contribution in [3.63, 3.8) is 0 Å². The molecule has 6 rings (SSSR count). The number of rotatable bonds is 6. The highest BCUT2D eigenvalue weighted by Gasteiger charge is 2.32. The van der Waals surface area contributed by atoms with Crippen LogP contribution in [0.1, 0.15) is 38.0 Å². The molecular formula is C32H35ClN6O3S. The number of aryl methyl sites for hydroxylation is 2. The molecule has 1 unspecified atom stereocenters. The van der Waals surface area contributed by atoms with Crippen LogP contribution >= 0.6 is 22.9 Å². The van der Waals surface area contributed by atoms with E-state index in [2.05, 4.69) is 16.8 Å². The molecule has 1 aliphatic heterocycles. The van der Waals surface area contributed by atoms with Crippen molar-refractivity contribution in [1.82, 2.24) is 24.6 Å². The molecule has 1 N–H and O–H groups in total. The third kappa shape index (κ3) is 5.72. The van der Waals surface area contributed by atoms with Crippen LogP contribution in [0.15, 0.2) is 42.5 Å². The van der Waals surface area contributed by atoms with Gasteiger partial charge in [0, 0.05) is 49.4 Å². The molecule has 5 aromatic rings. The lowest BCUT2D eigenvalue weighted by atomic mass is 9.91. The van der Waals surface area contributed by atoms with Gasteiger partial charge in [0.15, 0.2) is 11.9 Å². The van der Waals surface area contributed by atoms with Crippen molar-refractivity contribution in [3.8, 4) is 21.8 Å². The van der Waals surface area contributed by atoms with E-state index in [1.165, 1.54) is 11.3 Å². The van der Waals surface area contributed by atoms with Gasteiger partial charge < -0.3 is 19.6 Å². The number of hydrogen-bond donors (Lipinski definition) is 1. The Morgan fingerprint density at radius 3 is 2.40 bits per heavy atom. The average molecular weight is 619 g/mol. The normalized spacial score (nSPS) is 15.5. The Labute approximate surface area is 259 Å². The number of pyridine rings is 1. The second kappa shape index (κ2) is 11.2. The van der Waals surface area contributed by atoms with Crippen LogP contribution in [0.25, 0.3) is 43.1 Å². The number of carboxylic acid groups (broad SMARTS) is 1. The monoisotopic (exact) mass is 618 g/mol. The van der Waals surface area contributed by atoms with Crippen LogP contribution in [0, 0.1) is 6.92 Å². The van der Waals surface area contributed by atoms with Crippen molar-refractivity contribution in [2.24, 2.45) is 7.05 Å². The molecule has 0 amide bonds. The summed E-state index contributed by atoms with van der Waals surface area (Å²) in [6.07, 6.45) is -1.17. The molecule has 0 bridgehead atoms. The largest absolute Gasteiger partial charge is 0.479 e. The molecule has 0 radical (unpaired) electrons. The Balaban J connectivity index is 1.53. The number of nitrogens with zero attached hydrogens (tertiary/aromatic N) is 6. The van der Waals surface area contributed by atoms with Crippen LogP contribution in [0.5, 0.6) is 0 Å². The average Bonchev–Trinajstić information content (AvgIpc) is 3.52. The second-order valence-electron chi connectivity index (χ2n) is 12.1. The number of piperazine rings is 1. The molecule has 3 aromatic heterocycles. The highest BCUT2D eigenvalue weighted by molar-refractivity contribution is 7.22. The molecule has 1 saturated heterocycles. The van der Waals surface area contributed by atoms with Gasteiger partial charge >= 0.3 is 5.97 Å². The summed E-state index contributed by atoms with van der Waals surface area (Å²) in [5.41, 5.74) is 5.70. The smallest absolute Gasteiger partial charge is 0.337 e. The van der Waals surface area contributed by atoms with Crippen LogP contribution in [-0.2, 0) is 16.6 Å². The molecule has 1 aliphatic rings. The lowest BCUT2D eigenvalue weighted by Gasteiger charge is -2.32. The Kier molecular flexibility index (Phi) is 7.66. The highest BCUT2D eigenvalue weighted by Crippen LogP contribution is 2.44. The zero-order valence-corrected chi connectivity index (χ0v) is 26.8. The van der Waals surface area contributed by atoms with E-state index in [-0.39, 0.29) is 0 Å². The predicted molar refractivity (Wildman–Crippen MR) is 173 cm³/mol. The van der Waals surface area contributed by atoms with E-state index >= 15 is 0 Å². The van der Waals surface area contributed by atoms with Gasteiger partial charge in [0.05, 0.1) is 27.0 Å². The van der Waals surface area contributed by atoms with E-state index in [9.17, 15) is 9.90 Å².